The number of nitrogens with two attached hydrogens (primary N) is 1. The van der Waals surface area contributed by atoms with Gasteiger partial charge in [0.05, 0.1) is 4.92 Å². The van der Waals surface area contributed by atoms with E-state index in [0.29, 0.717) is 18.3 Å². The van der Waals surface area contributed by atoms with E-state index in [2.05, 4.69) is 4.98 Å². The first-order valence-corrected chi connectivity index (χ1v) is 5.76. The zero-order chi connectivity index (χ0) is 12.3. The van der Waals surface area contributed by atoms with Gasteiger partial charge in [0.2, 0.25) is 5.82 Å². The highest BCUT2D eigenvalue weighted by Crippen LogP contribution is 2.28. The fraction of sp³-hybridized carbons (Fsp3) is 0.545. The van der Waals surface area contributed by atoms with Crippen LogP contribution in [0, 0.1) is 16.0 Å². The number of hydrogen-bond acceptors (Lipinski definition) is 5. The molecule has 1 aliphatic heterocycles. The van der Waals surface area contributed by atoms with Gasteiger partial charge in [-0.25, -0.2) is 4.98 Å². The maximum absolute atomic E-state index is 10.9. The molecule has 100 valence electrons. The van der Waals surface area contributed by atoms with Gasteiger partial charge < -0.3 is 10.6 Å². The van der Waals surface area contributed by atoms with Crippen LogP contribution >= 0.6 is 12.4 Å². The minimum absolute atomic E-state index is 0. The van der Waals surface area contributed by atoms with Crippen LogP contribution in [0.25, 0.3) is 0 Å². The molecule has 2 heterocycles. The van der Waals surface area contributed by atoms with Crippen molar-refractivity contribution in [1.82, 2.24) is 4.98 Å². The Bertz CT molecular complexity index is 416. The van der Waals surface area contributed by atoms with E-state index in [0.717, 1.165) is 25.9 Å². The molecule has 2 rings (SSSR count). The number of hydrogen-bond donors (Lipinski definition) is 1. The molecule has 1 unspecified atom stereocenters. The van der Waals surface area contributed by atoms with Gasteiger partial charge >= 0.3 is 5.69 Å². The Labute approximate surface area is 112 Å². The molecular weight excluding hydrogens is 256 g/mol. The summed E-state index contributed by atoms with van der Waals surface area (Å²) in [6.07, 6.45) is 3.69. The van der Waals surface area contributed by atoms with Crippen LogP contribution in [-0.2, 0) is 0 Å². The number of pyridine rings is 1. The molecule has 1 aliphatic rings. The third-order valence-corrected chi connectivity index (χ3v) is 3.11. The number of nitro groups is 1. The van der Waals surface area contributed by atoms with Crippen molar-refractivity contribution >= 4 is 23.9 Å². The number of piperidine rings is 1. The molecule has 6 nitrogen and oxygen atoms in total. The first-order valence-electron chi connectivity index (χ1n) is 5.76. The van der Waals surface area contributed by atoms with Crippen LogP contribution in [0.4, 0.5) is 11.5 Å². The average molecular weight is 273 g/mol. The van der Waals surface area contributed by atoms with Crippen LogP contribution in [0.15, 0.2) is 18.3 Å². The lowest BCUT2D eigenvalue weighted by Crippen LogP contribution is -2.39. The van der Waals surface area contributed by atoms with E-state index in [9.17, 15) is 10.1 Å². The van der Waals surface area contributed by atoms with Crippen LogP contribution in [0.1, 0.15) is 12.8 Å². The summed E-state index contributed by atoms with van der Waals surface area (Å²) >= 11 is 0. The molecule has 1 fully saturated rings. The highest BCUT2D eigenvalue weighted by Gasteiger charge is 2.25. The third kappa shape index (κ3) is 3.08. The first kappa shape index (κ1) is 14.7. The molecule has 0 aliphatic carbocycles. The second-order valence-corrected chi connectivity index (χ2v) is 4.29. The number of halogens is 1. The van der Waals surface area contributed by atoms with E-state index in [1.54, 1.807) is 12.3 Å². The van der Waals surface area contributed by atoms with Gasteiger partial charge in [-0.3, -0.25) is 10.1 Å². The summed E-state index contributed by atoms with van der Waals surface area (Å²) in [7, 11) is 0. The molecule has 1 aromatic heterocycles. The lowest BCUT2D eigenvalue weighted by Gasteiger charge is -2.32. The second kappa shape index (κ2) is 6.51. The smallest absolute Gasteiger partial charge is 0.311 e. The van der Waals surface area contributed by atoms with Gasteiger partial charge in [0, 0.05) is 25.4 Å². The Morgan fingerprint density at radius 2 is 2.39 bits per heavy atom. The molecule has 0 amide bonds. The Morgan fingerprint density at radius 3 is 3.06 bits per heavy atom. The van der Waals surface area contributed by atoms with E-state index in [1.807, 2.05) is 4.90 Å². The van der Waals surface area contributed by atoms with Crippen molar-refractivity contribution in [1.29, 1.82) is 0 Å². The fourth-order valence-corrected chi connectivity index (χ4v) is 2.22. The maximum atomic E-state index is 10.9. The predicted octanol–water partition coefficient (Wildman–Crippen LogP) is 1.59. The quantitative estimate of drug-likeness (QED) is 0.667. The minimum Gasteiger partial charge on any atom is -0.351 e. The maximum Gasteiger partial charge on any atom is 0.311 e. The van der Waals surface area contributed by atoms with Crippen molar-refractivity contribution in [3.63, 3.8) is 0 Å². The van der Waals surface area contributed by atoms with E-state index < -0.39 is 0 Å². The number of aromatic nitrogens is 1. The van der Waals surface area contributed by atoms with Gasteiger partial charge in [-0.05, 0) is 31.4 Å². The molecule has 0 saturated carbocycles. The van der Waals surface area contributed by atoms with Crippen molar-refractivity contribution in [2.24, 2.45) is 11.7 Å². The summed E-state index contributed by atoms with van der Waals surface area (Å²) in [5.41, 5.74) is 5.73. The van der Waals surface area contributed by atoms with Gasteiger partial charge in [-0.15, -0.1) is 12.4 Å². The SMILES string of the molecule is Cl.NCC1CCCN(c2ncccc2[N+](=O)[O-])C1. The fourth-order valence-electron chi connectivity index (χ4n) is 2.22. The van der Waals surface area contributed by atoms with Crippen LogP contribution in [0.2, 0.25) is 0 Å². The van der Waals surface area contributed by atoms with Crippen molar-refractivity contribution < 1.29 is 4.92 Å². The zero-order valence-corrected chi connectivity index (χ0v) is 10.8. The van der Waals surface area contributed by atoms with Gasteiger partial charge in [0.1, 0.15) is 0 Å². The summed E-state index contributed by atoms with van der Waals surface area (Å²) in [5.74, 6) is 0.876. The average Bonchev–Trinajstić information content (AvgIpc) is 2.39. The Balaban J connectivity index is 0.00000162. The standard InChI is InChI=1S/C11H16N4O2.ClH/c12-7-9-3-2-6-14(8-9)11-10(15(16)17)4-1-5-13-11;/h1,4-5,9H,2-3,6-8,12H2;1H. The van der Waals surface area contributed by atoms with Crippen LogP contribution < -0.4 is 10.6 Å². The molecular formula is C11H17ClN4O2. The molecule has 1 aromatic rings. The molecule has 1 saturated heterocycles. The molecule has 7 heteroatoms. The first-order chi connectivity index (χ1) is 8.22. The summed E-state index contributed by atoms with van der Waals surface area (Å²) in [5, 5.41) is 10.9. The van der Waals surface area contributed by atoms with E-state index in [4.69, 9.17) is 5.73 Å². The largest absolute Gasteiger partial charge is 0.351 e. The van der Waals surface area contributed by atoms with E-state index in [1.165, 1.54) is 6.07 Å². The summed E-state index contributed by atoms with van der Waals surface area (Å²) in [6.45, 7) is 2.19. The molecule has 2 N–H and O–H groups in total. The number of anilines is 1. The van der Waals surface area contributed by atoms with Crippen molar-refractivity contribution in [2.75, 3.05) is 24.5 Å². The normalized spacial score (nSPS) is 19.2. The Morgan fingerprint density at radius 1 is 1.61 bits per heavy atom. The minimum atomic E-state index is -0.381. The summed E-state index contributed by atoms with van der Waals surface area (Å²) in [6, 6.07) is 3.08. The van der Waals surface area contributed by atoms with Gasteiger partial charge in [0.25, 0.3) is 0 Å². The second-order valence-electron chi connectivity index (χ2n) is 4.29. The molecule has 0 radical (unpaired) electrons. The zero-order valence-electron chi connectivity index (χ0n) is 9.99. The third-order valence-electron chi connectivity index (χ3n) is 3.11. The molecule has 18 heavy (non-hydrogen) atoms. The Kier molecular flexibility index (Phi) is 5.30. The van der Waals surface area contributed by atoms with E-state index in [-0.39, 0.29) is 23.0 Å². The lowest BCUT2D eigenvalue weighted by molar-refractivity contribution is -0.384. The highest BCUT2D eigenvalue weighted by molar-refractivity contribution is 5.85. The van der Waals surface area contributed by atoms with Crippen LogP contribution in [0.5, 0.6) is 0 Å². The van der Waals surface area contributed by atoms with Crippen molar-refractivity contribution in [3.8, 4) is 0 Å². The molecule has 0 aromatic carbocycles. The van der Waals surface area contributed by atoms with Gasteiger partial charge in [-0.1, -0.05) is 0 Å². The molecule has 0 spiro atoms. The lowest BCUT2D eigenvalue weighted by atomic mass is 9.98. The van der Waals surface area contributed by atoms with Crippen molar-refractivity contribution in [2.45, 2.75) is 12.8 Å². The monoisotopic (exact) mass is 272 g/mol. The predicted molar refractivity (Wildman–Crippen MR) is 72.1 cm³/mol. The van der Waals surface area contributed by atoms with Crippen LogP contribution in [0.3, 0.4) is 0 Å². The number of nitrogens with zero attached hydrogens (tertiary/aromatic N) is 3. The van der Waals surface area contributed by atoms with Gasteiger partial charge in [0.15, 0.2) is 0 Å². The number of rotatable bonds is 3. The topological polar surface area (TPSA) is 85.3 Å². The molecule has 0 bridgehead atoms. The highest BCUT2D eigenvalue weighted by atomic mass is 35.5. The van der Waals surface area contributed by atoms with Gasteiger partial charge in [-0.2, -0.15) is 0 Å². The molecule has 1 atom stereocenters. The van der Waals surface area contributed by atoms with Crippen LogP contribution in [-0.4, -0.2) is 29.5 Å². The Hall–Kier alpha value is -1.40. The van der Waals surface area contributed by atoms with E-state index >= 15 is 0 Å². The summed E-state index contributed by atoms with van der Waals surface area (Å²) < 4.78 is 0. The van der Waals surface area contributed by atoms with Crippen molar-refractivity contribution in [3.05, 3.63) is 28.4 Å². The summed E-state index contributed by atoms with van der Waals surface area (Å²) in [4.78, 5) is 16.7.